The molecule has 16 heavy (non-hydrogen) atoms. The third-order valence-electron chi connectivity index (χ3n) is 2.67. The van der Waals surface area contributed by atoms with Crippen molar-refractivity contribution in [3.63, 3.8) is 0 Å². The van der Waals surface area contributed by atoms with Gasteiger partial charge in [0.15, 0.2) is 0 Å². The van der Waals surface area contributed by atoms with Crippen molar-refractivity contribution in [2.24, 2.45) is 5.73 Å². The molecule has 1 atom stereocenters. The summed E-state index contributed by atoms with van der Waals surface area (Å²) in [6.07, 6.45) is 0. The van der Waals surface area contributed by atoms with E-state index in [1.807, 2.05) is 0 Å². The van der Waals surface area contributed by atoms with Crippen LogP contribution in [-0.4, -0.2) is 13.2 Å². The highest BCUT2D eigenvalue weighted by molar-refractivity contribution is 5.43. The Kier molecular flexibility index (Phi) is 3.53. The molecule has 0 spiro atoms. The van der Waals surface area contributed by atoms with Crippen LogP contribution < -0.4 is 10.5 Å². The first kappa shape index (κ1) is 12.9. The molecule has 2 N–H and O–H groups in total. The Morgan fingerprint density at radius 3 is 2.25 bits per heavy atom. The lowest BCUT2D eigenvalue weighted by Crippen LogP contribution is -2.36. The maximum atomic E-state index is 13.8. The highest BCUT2D eigenvalue weighted by atomic mass is 19.3. The van der Waals surface area contributed by atoms with Crippen LogP contribution in [0.25, 0.3) is 0 Å². The highest BCUT2D eigenvalue weighted by Gasteiger charge is 2.37. The minimum Gasteiger partial charge on any atom is -0.496 e. The molecule has 2 nitrogen and oxygen atoms in total. The van der Waals surface area contributed by atoms with Gasteiger partial charge < -0.3 is 10.5 Å². The summed E-state index contributed by atoms with van der Waals surface area (Å²) in [6.45, 7) is 4.67. The minimum atomic E-state index is -3.01. The molecule has 0 aliphatic heterocycles. The van der Waals surface area contributed by atoms with Gasteiger partial charge in [-0.05, 0) is 44.0 Å². The number of nitrogens with two attached hydrogens (primary N) is 1. The van der Waals surface area contributed by atoms with Crippen LogP contribution in [0.3, 0.4) is 0 Å². The van der Waals surface area contributed by atoms with Gasteiger partial charge in [-0.15, -0.1) is 0 Å². The summed E-state index contributed by atoms with van der Waals surface area (Å²) >= 11 is 0. The third-order valence-corrected chi connectivity index (χ3v) is 2.67. The number of methoxy groups -OCH3 is 1. The molecule has 0 amide bonds. The van der Waals surface area contributed by atoms with E-state index < -0.39 is 12.0 Å². The number of ether oxygens (including phenoxy) is 1. The van der Waals surface area contributed by atoms with E-state index in [2.05, 4.69) is 0 Å². The molecular weight excluding hydrogens is 212 g/mol. The fraction of sp³-hybridized carbons (Fsp3) is 0.500. The quantitative estimate of drug-likeness (QED) is 0.865. The number of rotatable bonds is 3. The van der Waals surface area contributed by atoms with Crippen LogP contribution in [0.15, 0.2) is 12.1 Å². The largest absolute Gasteiger partial charge is 0.496 e. The van der Waals surface area contributed by atoms with Crippen molar-refractivity contribution in [2.75, 3.05) is 7.11 Å². The minimum absolute atomic E-state index is 0.0270. The average molecular weight is 229 g/mol. The van der Waals surface area contributed by atoms with Crippen molar-refractivity contribution >= 4 is 0 Å². The zero-order valence-electron chi connectivity index (χ0n) is 9.97. The van der Waals surface area contributed by atoms with Gasteiger partial charge in [0.05, 0.1) is 13.2 Å². The summed E-state index contributed by atoms with van der Waals surface area (Å²) < 4.78 is 32.7. The van der Waals surface area contributed by atoms with Crippen molar-refractivity contribution in [3.05, 3.63) is 28.8 Å². The number of hydrogen-bond donors (Lipinski definition) is 1. The van der Waals surface area contributed by atoms with Gasteiger partial charge in [-0.3, -0.25) is 0 Å². The Morgan fingerprint density at radius 2 is 1.81 bits per heavy atom. The lowest BCUT2D eigenvalue weighted by atomic mass is 9.95. The van der Waals surface area contributed by atoms with Gasteiger partial charge in [0.25, 0.3) is 5.92 Å². The number of halogens is 2. The number of alkyl halides is 2. The average Bonchev–Trinajstić information content (AvgIpc) is 2.20. The maximum Gasteiger partial charge on any atom is 0.287 e. The maximum absolute atomic E-state index is 13.8. The molecule has 0 fully saturated rings. The van der Waals surface area contributed by atoms with E-state index in [1.54, 1.807) is 19.9 Å². The molecule has 0 aliphatic rings. The SMILES string of the molecule is COc1cc(C)c(C(F)(F)C(C)N)cc1C. The Labute approximate surface area is 94.4 Å². The van der Waals surface area contributed by atoms with Crippen molar-refractivity contribution in [3.8, 4) is 5.75 Å². The van der Waals surface area contributed by atoms with Crippen molar-refractivity contribution in [1.82, 2.24) is 0 Å². The molecule has 1 unspecified atom stereocenters. The highest BCUT2D eigenvalue weighted by Crippen LogP contribution is 2.36. The summed E-state index contributed by atoms with van der Waals surface area (Å²) in [6, 6.07) is 1.84. The van der Waals surface area contributed by atoms with E-state index in [0.29, 0.717) is 16.9 Å². The first-order chi connectivity index (χ1) is 7.30. The Balaban J connectivity index is 3.31. The molecule has 90 valence electrons. The zero-order chi connectivity index (χ0) is 12.5. The molecule has 0 aromatic heterocycles. The normalized spacial score (nSPS) is 13.7. The van der Waals surface area contributed by atoms with Gasteiger partial charge in [-0.1, -0.05) is 0 Å². The van der Waals surface area contributed by atoms with Crippen LogP contribution in [-0.2, 0) is 5.92 Å². The van der Waals surface area contributed by atoms with Crippen LogP contribution in [0, 0.1) is 13.8 Å². The number of hydrogen-bond acceptors (Lipinski definition) is 2. The number of aryl methyl sites for hydroxylation is 2. The second-order valence-electron chi connectivity index (χ2n) is 4.05. The van der Waals surface area contributed by atoms with Crippen molar-refractivity contribution < 1.29 is 13.5 Å². The fourth-order valence-corrected chi connectivity index (χ4v) is 1.61. The standard InChI is InChI=1S/C12H17F2NO/c1-7-6-11(16-4)8(2)5-10(7)12(13,14)9(3)15/h5-6,9H,15H2,1-4H3. The van der Waals surface area contributed by atoms with Crippen LogP contribution in [0.1, 0.15) is 23.6 Å². The topological polar surface area (TPSA) is 35.2 Å². The summed E-state index contributed by atoms with van der Waals surface area (Å²) in [5.41, 5.74) is 6.46. The van der Waals surface area contributed by atoms with E-state index in [4.69, 9.17) is 10.5 Å². The molecule has 1 rings (SSSR count). The van der Waals surface area contributed by atoms with Gasteiger partial charge in [-0.25, -0.2) is 0 Å². The lowest BCUT2D eigenvalue weighted by Gasteiger charge is -2.23. The van der Waals surface area contributed by atoms with E-state index in [9.17, 15) is 8.78 Å². The van der Waals surface area contributed by atoms with E-state index in [-0.39, 0.29) is 5.56 Å². The van der Waals surface area contributed by atoms with E-state index in [0.717, 1.165) is 0 Å². The van der Waals surface area contributed by atoms with Gasteiger partial charge in [0.2, 0.25) is 0 Å². The van der Waals surface area contributed by atoms with E-state index in [1.165, 1.54) is 20.1 Å². The summed E-state index contributed by atoms with van der Waals surface area (Å²) in [5, 5.41) is 0. The Morgan fingerprint density at radius 1 is 1.25 bits per heavy atom. The second-order valence-corrected chi connectivity index (χ2v) is 4.05. The predicted molar refractivity (Wildman–Crippen MR) is 60.0 cm³/mol. The van der Waals surface area contributed by atoms with Crippen LogP contribution in [0.2, 0.25) is 0 Å². The molecule has 0 bridgehead atoms. The van der Waals surface area contributed by atoms with Gasteiger partial charge in [0.1, 0.15) is 5.75 Å². The van der Waals surface area contributed by atoms with Crippen molar-refractivity contribution in [1.29, 1.82) is 0 Å². The second kappa shape index (κ2) is 4.37. The van der Waals surface area contributed by atoms with Crippen LogP contribution in [0.5, 0.6) is 5.75 Å². The Hall–Kier alpha value is -1.16. The molecule has 1 aromatic carbocycles. The number of benzene rings is 1. The molecule has 0 saturated carbocycles. The summed E-state index contributed by atoms with van der Waals surface area (Å²) in [5.74, 6) is -2.40. The Bertz CT molecular complexity index is 389. The van der Waals surface area contributed by atoms with Crippen LogP contribution in [0.4, 0.5) is 8.78 Å². The third kappa shape index (κ3) is 2.16. The molecule has 1 aromatic rings. The first-order valence-electron chi connectivity index (χ1n) is 5.09. The summed E-state index contributed by atoms with van der Waals surface area (Å²) in [4.78, 5) is 0. The monoisotopic (exact) mass is 229 g/mol. The predicted octanol–water partition coefficient (Wildman–Crippen LogP) is 2.75. The van der Waals surface area contributed by atoms with E-state index >= 15 is 0 Å². The molecule has 4 heteroatoms. The fourth-order valence-electron chi connectivity index (χ4n) is 1.61. The van der Waals surface area contributed by atoms with Gasteiger partial charge in [-0.2, -0.15) is 8.78 Å². The van der Waals surface area contributed by atoms with Gasteiger partial charge >= 0.3 is 0 Å². The van der Waals surface area contributed by atoms with Crippen molar-refractivity contribution in [2.45, 2.75) is 32.7 Å². The first-order valence-corrected chi connectivity index (χ1v) is 5.09. The lowest BCUT2D eigenvalue weighted by molar-refractivity contribution is -0.0263. The van der Waals surface area contributed by atoms with Gasteiger partial charge in [0, 0.05) is 5.56 Å². The molecule has 0 radical (unpaired) electrons. The zero-order valence-corrected chi connectivity index (χ0v) is 9.97. The summed E-state index contributed by atoms with van der Waals surface area (Å²) in [7, 11) is 1.52. The smallest absolute Gasteiger partial charge is 0.287 e. The van der Waals surface area contributed by atoms with Crippen LogP contribution >= 0.6 is 0 Å². The molecule has 0 saturated heterocycles. The molecule has 0 aliphatic carbocycles. The molecular formula is C12H17F2NO. The molecule has 0 heterocycles.